The minimum Gasteiger partial charge on any atom is -0.317 e. The Bertz CT molecular complexity index is 1160. The summed E-state index contributed by atoms with van der Waals surface area (Å²) in [4.78, 5) is 15.3. The number of hydrogen-bond donors (Lipinski definition) is 1. The number of benzene rings is 1. The molecule has 3 aromatic rings. The zero-order valence-electron chi connectivity index (χ0n) is 16.7. The summed E-state index contributed by atoms with van der Waals surface area (Å²) in [5.41, 5.74) is 2.90. The fourth-order valence-corrected chi connectivity index (χ4v) is 6.72. The van der Waals surface area contributed by atoms with Crippen LogP contribution >= 0.6 is 0 Å². The highest BCUT2D eigenvalue weighted by Gasteiger charge is 2.56. The number of nitrogens with one attached hydrogen (secondary N) is 1. The molecule has 4 heterocycles. The molecule has 8 heteroatoms. The molecule has 1 N–H and O–H groups in total. The lowest BCUT2D eigenvalue weighted by atomic mass is 9.74. The summed E-state index contributed by atoms with van der Waals surface area (Å²) in [6.45, 7) is 1.58. The zero-order chi connectivity index (χ0) is 20.8. The number of aromatic nitrogens is 3. The fraction of sp³-hybridized carbons (Fsp3) is 0.318. The molecular formula is C22H23N5O2S. The molecule has 0 bridgehead atoms. The maximum Gasteiger partial charge on any atom is 0.169 e. The van der Waals surface area contributed by atoms with E-state index in [2.05, 4.69) is 26.3 Å². The Hall–Kier alpha value is -2.84. The minimum absolute atomic E-state index is 0.462. The summed E-state index contributed by atoms with van der Waals surface area (Å²) >= 11 is 0. The van der Waals surface area contributed by atoms with E-state index in [1.807, 2.05) is 41.3 Å². The molecule has 1 fully saturated rings. The summed E-state index contributed by atoms with van der Waals surface area (Å²) in [5, 5.41) is 2.66. The van der Waals surface area contributed by atoms with Gasteiger partial charge in [0.2, 0.25) is 0 Å². The molecule has 1 spiro atoms. The Balaban J connectivity index is 1.65. The average molecular weight is 422 g/mol. The second-order valence-electron chi connectivity index (χ2n) is 7.95. The quantitative estimate of drug-likeness (QED) is 0.696. The SMILES string of the molecule is CS(=O)(=O)C1N(c2cnc(-c3ccccn3)cn2)c2ccccc2C12CCNCC2. The van der Waals surface area contributed by atoms with Gasteiger partial charge < -0.3 is 10.2 Å². The molecule has 0 saturated carbocycles. The van der Waals surface area contributed by atoms with Crippen molar-refractivity contribution in [1.29, 1.82) is 0 Å². The van der Waals surface area contributed by atoms with Crippen LogP contribution < -0.4 is 10.2 Å². The van der Waals surface area contributed by atoms with Crippen molar-refractivity contribution < 1.29 is 8.42 Å². The van der Waals surface area contributed by atoms with E-state index in [1.165, 1.54) is 6.26 Å². The molecule has 1 saturated heterocycles. The Kier molecular flexibility index (Phi) is 4.56. The molecular weight excluding hydrogens is 398 g/mol. The standard InChI is InChI=1S/C22H23N5O2S/c1-30(28,29)21-22(9-12-23-13-10-22)16-6-2-3-8-19(16)27(21)20-15-25-18(14-26-20)17-7-4-5-11-24-17/h2-8,11,14-15,21,23H,9-10,12-13H2,1H3. The van der Waals surface area contributed by atoms with E-state index in [0.29, 0.717) is 11.5 Å². The third-order valence-electron chi connectivity index (χ3n) is 6.12. The molecule has 2 aromatic heterocycles. The third-order valence-corrected chi connectivity index (χ3v) is 7.59. The molecule has 0 radical (unpaired) electrons. The van der Waals surface area contributed by atoms with Crippen LogP contribution in [0.1, 0.15) is 18.4 Å². The first-order valence-corrected chi connectivity index (χ1v) is 12.0. The van der Waals surface area contributed by atoms with Gasteiger partial charge in [-0.15, -0.1) is 0 Å². The summed E-state index contributed by atoms with van der Waals surface area (Å²) in [7, 11) is -3.42. The monoisotopic (exact) mass is 421 g/mol. The maximum atomic E-state index is 13.1. The second kappa shape index (κ2) is 7.14. The van der Waals surface area contributed by atoms with Gasteiger partial charge in [-0.05, 0) is 49.7 Å². The van der Waals surface area contributed by atoms with Crippen LogP contribution in [0.2, 0.25) is 0 Å². The topological polar surface area (TPSA) is 88.1 Å². The average Bonchev–Trinajstić information content (AvgIpc) is 3.05. The molecule has 30 heavy (non-hydrogen) atoms. The predicted octanol–water partition coefficient (Wildman–Crippen LogP) is 2.68. The van der Waals surface area contributed by atoms with Gasteiger partial charge in [-0.2, -0.15) is 0 Å². The second-order valence-corrected chi connectivity index (χ2v) is 10.1. The summed E-state index contributed by atoms with van der Waals surface area (Å²) in [5.74, 6) is 0.535. The first kappa shape index (κ1) is 19.1. The van der Waals surface area contributed by atoms with Gasteiger partial charge in [0.05, 0.1) is 18.1 Å². The summed E-state index contributed by atoms with van der Waals surface area (Å²) in [6.07, 6.45) is 7.87. The van der Waals surface area contributed by atoms with E-state index >= 15 is 0 Å². The first-order valence-electron chi connectivity index (χ1n) is 10.0. The van der Waals surface area contributed by atoms with Gasteiger partial charge in [-0.3, -0.25) is 4.98 Å². The van der Waals surface area contributed by atoms with Gasteiger partial charge in [0.15, 0.2) is 15.7 Å². The van der Waals surface area contributed by atoms with Crippen LogP contribution in [0.3, 0.4) is 0 Å². The van der Waals surface area contributed by atoms with E-state index in [9.17, 15) is 8.42 Å². The lowest BCUT2D eigenvalue weighted by Crippen LogP contribution is -2.53. The van der Waals surface area contributed by atoms with Crippen molar-refractivity contribution in [2.75, 3.05) is 24.2 Å². The van der Waals surface area contributed by atoms with Crippen molar-refractivity contribution in [2.45, 2.75) is 23.6 Å². The number of sulfone groups is 1. The van der Waals surface area contributed by atoms with Crippen molar-refractivity contribution in [1.82, 2.24) is 20.3 Å². The number of fused-ring (bicyclic) bond motifs is 2. The van der Waals surface area contributed by atoms with E-state index in [-0.39, 0.29) is 0 Å². The van der Waals surface area contributed by atoms with Crippen molar-refractivity contribution >= 4 is 21.3 Å². The van der Waals surface area contributed by atoms with Crippen LogP contribution in [0.15, 0.2) is 61.1 Å². The molecule has 1 atom stereocenters. The Labute approximate surface area is 176 Å². The number of nitrogens with zero attached hydrogens (tertiary/aromatic N) is 4. The van der Waals surface area contributed by atoms with Crippen LogP contribution in [0, 0.1) is 0 Å². The van der Waals surface area contributed by atoms with E-state index in [1.54, 1.807) is 18.6 Å². The summed E-state index contributed by atoms with van der Waals surface area (Å²) in [6, 6.07) is 13.6. The highest BCUT2D eigenvalue weighted by Crippen LogP contribution is 2.54. The lowest BCUT2D eigenvalue weighted by molar-refractivity contribution is 0.308. The molecule has 0 aliphatic carbocycles. The number of piperidine rings is 1. The van der Waals surface area contributed by atoms with E-state index in [0.717, 1.165) is 42.9 Å². The molecule has 2 aliphatic rings. The van der Waals surface area contributed by atoms with E-state index in [4.69, 9.17) is 0 Å². The number of rotatable bonds is 3. The van der Waals surface area contributed by atoms with Crippen LogP contribution in [0.5, 0.6) is 0 Å². The van der Waals surface area contributed by atoms with Crippen LogP contribution in [0.25, 0.3) is 11.4 Å². The van der Waals surface area contributed by atoms with Crippen LogP contribution in [0.4, 0.5) is 11.5 Å². The molecule has 7 nitrogen and oxygen atoms in total. The highest BCUT2D eigenvalue weighted by atomic mass is 32.2. The Morgan fingerprint density at radius 3 is 2.40 bits per heavy atom. The Morgan fingerprint density at radius 2 is 1.73 bits per heavy atom. The van der Waals surface area contributed by atoms with Crippen LogP contribution in [-0.4, -0.2) is 48.1 Å². The van der Waals surface area contributed by atoms with Gasteiger partial charge in [0.1, 0.15) is 11.1 Å². The van der Waals surface area contributed by atoms with Crippen molar-refractivity contribution in [2.24, 2.45) is 0 Å². The first-order chi connectivity index (χ1) is 14.5. The molecule has 0 amide bonds. The Morgan fingerprint density at radius 1 is 0.967 bits per heavy atom. The van der Waals surface area contributed by atoms with Crippen molar-refractivity contribution in [3.8, 4) is 11.4 Å². The number of hydrogen-bond acceptors (Lipinski definition) is 7. The largest absolute Gasteiger partial charge is 0.317 e. The maximum absolute atomic E-state index is 13.1. The van der Waals surface area contributed by atoms with E-state index < -0.39 is 20.6 Å². The van der Waals surface area contributed by atoms with Crippen molar-refractivity contribution in [3.63, 3.8) is 0 Å². The molecule has 1 aromatic carbocycles. The molecule has 154 valence electrons. The van der Waals surface area contributed by atoms with Gasteiger partial charge >= 0.3 is 0 Å². The summed E-state index contributed by atoms with van der Waals surface area (Å²) < 4.78 is 26.3. The van der Waals surface area contributed by atoms with Crippen LogP contribution in [-0.2, 0) is 15.3 Å². The highest BCUT2D eigenvalue weighted by molar-refractivity contribution is 7.91. The smallest absolute Gasteiger partial charge is 0.169 e. The van der Waals surface area contributed by atoms with Crippen molar-refractivity contribution in [3.05, 3.63) is 66.6 Å². The third kappa shape index (κ3) is 2.98. The molecule has 2 aliphatic heterocycles. The molecule has 5 rings (SSSR count). The van der Waals surface area contributed by atoms with Gasteiger partial charge in [0.25, 0.3) is 0 Å². The number of pyridine rings is 1. The zero-order valence-corrected chi connectivity index (χ0v) is 17.5. The van der Waals surface area contributed by atoms with Gasteiger partial charge in [-0.1, -0.05) is 24.3 Å². The van der Waals surface area contributed by atoms with Gasteiger partial charge in [-0.25, -0.2) is 18.4 Å². The fourth-order valence-electron chi connectivity index (χ4n) is 4.94. The predicted molar refractivity (Wildman–Crippen MR) is 116 cm³/mol. The number of para-hydroxylation sites is 1. The molecule has 1 unspecified atom stereocenters. The minimum atomic E-state index is -3.42. The normalized spacial score (nSPS) is 20.3. The lowest BCUT2D eigenvalue weighted by Gasteiger charge is -2.40. The van der Waals surface area contributed by atoms with Gasteiger partial charge in [0, 0.05) is 23.6 Å². The number of anilines is 2.